The number of rotatable bonds is 5. The average molecular weight is 288 g/mol. The molecule has 2 rings (SSSR count). The molecule has 0 bridgehead atoms. The van der Waals surface area contributed by atoms with E-state index in [9.17, 15) is 0 Å². The highest BCUT2D eigenvalue weighted by atomic mass is 16.5. The van der Waals surface area contributed by atoms with Gasteiger partial charge in [-0.05, 0) is 19.9 Å². The summed E-state index contributed by atoms with van der Waals surface area (Å²) < 4.78 is 10.9. The number of aryl methyl sites for hydroxylation is 1. The molecule has 6 nitrogen and oxygen atoms in total. The third kappa shape index (κ3) is 3.50. The maximum absolute atomic E-state index is 9.11. The first-order chi connectivity index (χ1) is 10.0. The molecule has 0 radical (unpaired) electrons. The Morgan fingerprint density at radius 2 is 1.95 bits per heavy atom. The van der Waals surface area contributed by atoms with Gasteiger partial charge in [0.1, 0.15) is 18.1 Å². The summed E-state index contributed by atoms with van der Waals surface area (Å²) in [5.74, 6) is 1.24. The Morgan fingerprint density at radius 3 is 2.62 bits per heavy atom. The molecule has 0 aromatic carbocycles. The van der Waals surface area contributed by atoms with Gasteiger partial charge in [-0.2, -0.15) is 0 Å². The zero-order valence-corrected chi connectivity index (χ0v) is 12.2. The molecule has 2 aromatic heterocycles. The fourth-order valence-electron chi connectivity index (χ4n) is 2.02. The molecule has 0 saturated heterocycles. The molecule has 2 aromatic rings. The predicted molar refractivity (Wildman–Crippen MR) is 78.7 cm³/mol. The number of pyridine rings is 2. The number of nitrogens with zero attached hydrogens (tertiary/aromatic N) is 2. The monoisotopic (exact) mass is 288 g/mol. The molecular weight excluding hydrogens is 271 g/mol. The molecular formula is C14H17BN2O4. The highest BCUT2D eigenvalue weighted by molar-refractivity contribution is 6.58. The molecule has 0 aliphatic carbocycles. The van der Waals surface area contributed by atoms with E-state index in [-0.39, 0.29) is 12.1 Å². The fourth-order valence-corrected chi connectivity index (χ4v) is 2.02. The zero-order chi connectivity index (χ0) is 15.4. The Labute approximate surface area is 123 Å². The van der Waals surface area contributed by atoms with Crippen molar-refractivity contribution in [3.63, 3.8) is 0 Å². The first-order valence-corrected chi connectivity index (χ1v) is 6.46. The van der Waals surface area contributed by atoms with Crippen LogP contribution in [-0.4, -0.2) is 34.2 Å². The van der Waals surface area contributed by atoms with Crippen LogP contribution in [-0.2, 0) is 6.61 Å². The molecule has 0 atom stereocenters. The lowest BCUT2D eigenvalue weighted by Crippen LogP contribution is -2.30. The maximum Gasteiger partial charge on any atom is 0.490 e. The summed E-state index contributed by atoms with van der Waals surface area (Å²) >= 11 is 0. The van der Waals surface area contributed by atoms with E-state index >= 15 is 0 Å². The van der Waals surface area contributed by atoms with E-state index in [0.29, 0.717) is 5.75 Å². The minimum atomic E-state index is -1.57. The summed E-state index contributed by atoms with van der Waals surface area (Å²) in [5.41, 5.74) is 2.92. The van der Waals surface area contributed by atoms with E-state index in [2.05, 4.69) is 9.97 Å². The van der Waals surface area contributed by atoms with Crippen LogP contribution in [0.4, 0.5) is 0 Å². The van der Waals surface area contributed by atoms with Crippen molar-refractivity contribution in [2.24, 2.45) is 0 Å². The van der Waals surface area contributed by atoms with E-state index in [1.807, 2.05) is 13.8 Å². The van der Waals surface area contributed by atoms with Crippen molar-refractivity contribution in [3.05, 3.63) is 41.5 Å². The van der Waals surface area contributed by atoms with Gasteiger partial charge in [0.2, 0.25) is 0 Å². The maximum atomic E-state index is 9.11. The SMILES string of the molecule is COc1c(C)cnc(COc2cncc(B(O)O)c2)c1C. The molecule has 7 heteroatoms. The lowest BCUT2D eigenvalue weighted by atomic mass is 9.82. The topological polar surface area (TPSA) is 84.7 Å². The summed E-state index contributed by atoms with van der Waals surface area (Å²) in [6, 6.07) is 1.53. The van der Waals surface area contributed by atoms with Gasteiger partial charge >= 0.3 is 7.12 Å². The molecule has 0 unspecified atom stereocenters. The van der Waals surface area contributed by atoms with Crippen LogP contribution in [0.2, 0.25) is 0 Å². The Bertz CT molecular complexity index is 634. The largest absolute Gasteiger partial charge is 0.496 e. The molecule has 0 amide bonds. The first kappa shape index (κ1) is 15.3. The van der Waals surface area contributed by atoms with Gasteiger partial charge in [-0.3, -0.25) is 9.97 Å². The van der Waals surface area contributed by atoms with Gasteiger partial charge in [0.05, 0.1) is 19.0 Å². The van der Waals surface area contributed by atoms with Gasteiger partial charge in [0, 0.05) is 29.0 Å². The van der Waals surface area contributed by atoms with E-state index in [0.717, 1.165) is 22.6 Å². The number of hydrogen-bond donors (Lipinski definition) is 2. The second-order valence-electron chi connectivity index (χ2n) is 4.66. The Kier molecular flexibility index (Phi) is 4.77. The van der Waals surface area contributed by atoms with Crippen LogP contribution in [0.5, 0.6) is 11.5 Å². The Morgan fingerprint density at radius 1 is 1.19 bits per heavy atom. The van der Waals surface area contributed by atoms with Gasteiger partial charge in [-0.15, -0.1) is 0 Å². The van der Waals surface area contributed by atoms with Gasteiger partial charge in [-0.25, -0.2) is 0 Å². The van der Waals surface area contributed by atoms with E-state index in [1.165, 1.54) is 18.5 Å². The molecule has 2 N–H and O–H groups in total. The molecule has 0 spiro atoms. The molecule has 2 heterocycles. The number of aromatic nitrogens is 2. The quantitative estimate of drug-likeness (QED) is 0.773. The third-order valence-corrected chi connectivity index (χ3v) is 3.16. The highest BCUT2D eigenvalue weighted by Gasteiger charge is 2.13. The highest BCUT2D eigenvalue weighted by Crippen LogP contribution is 2.24. The van der Waals surface area contributed by atoms with Crippen molar-refractivity contribution in [2.45, 2.75) is 20.5 Å². The van der Waals surface area contributed by atoms with Crippen molar-refractivity contribution in [1.82, 2.24) is 9.97 Å². The van der Waals surface area contributed by atoms with Crippen LogP contribution < -0.4 is 14.9 Å². The van der Waals surface area contributed by atoms with E-state index in [1.54, 1.807) is 13.3 Å². The summed E-state index contributed by atoms with van der Waals surface area (Å²) in [6.07, 6.45) is 4.61. The number of methoxy groups -OCH3 is 1. The molecule has 0 fully saturated rings. The lowest BCUT2D eigenvalue weighted by molar-refractivity contribution is 0.297. The van der Waals surface area contributed by atoms with Gasteiger partial charge in [0.25, 0.3) is 0 Å². The fraction of sp³-hybridized carbons (Fsp3) is 0.286. The van der Waals surface area contributed by atoms with Gasteiger partial charge < -0.3 is 19.5 Å². The van der Waals surface area contributed by atoms with Crippen LogP contribution in [0, 0.1) is 13.8 Å². The minimum Gasteiger partial charge on any atom is -0.496 e. The average Bonchev–Trinajstić information content (AvgIpc) is 2.47. The van der Waals surface area contributed by atoms with Crippen LogP contribution in [0.1, 0.15) is 16.8 Å². The standard InChI is InChI=1S/C14H17BN2O4/c1-9-5-17-13(10(2)14(9)20-3)8-21-12-4-11(15(18)19)6-16-7-12/h4-7,18-19H,8H2,1-3H3. The number of hydrogen-bond acceptors (Lipinski definition) is 6. The predicted octanol–water partition coefficient (Wildman–Crippen LogP) is 0.361. The lowest BCUT2D eigenvalue weighted by Gasteiger charge is -2.13. The molecule has 21 heavy (non-hydrogen) atoms. The summed E-state index contributed by atoms with van der Waals surface area (Å²) in [7, 11) is 0.0519. The van der Waals surface area contributed by atoms with Crippen molar-refractivity contribution in [1.29, 1.82) is 0 Å². The smallest absolute Gasteiger partial charge is 0.490 e. The summed E-state index contributed by atoms with van der Waals surface area (Å²) in [4.78, 5) is 8.23. The van der Waals surface area contributed by atoms with Crippen molar-refractivity contribution < 1.29 is 19.5 Å². The second-order valence-corrected chi connectivity index (χ2v) is 4.66. The molecule has 110 valence electrons. The number of ether oxygens (including phenoxy) is 2. The summed E-state index contributed by atoms with van der Waals surface area (Å²) in [6.45, 7) is 4.10. The third-order valence-electron chi connectivity index (χ3n) is 3.16. The zero-order valence-electron chi connectivity index (χ0n) is 12.2. The molecule has 0 aliphatic heterocycles. The van der Waals surface area contributed by atoms with E-state index in [4.69, 9.17) is 19.5 Å². The van der Waals surface area contributed by atoms with Crippen molar-refractivity contribution >= 4 is 12.6 Å². The normalized spacial score (nSPS) is 10.3. The van der Waals surface area contributed by atoms with Crippen molar-refractivity contribution in [2.75, 3.05) is 7.11 Å². The van der Waals surface area contributed by atoms with Crippen LogP contribution in [0.15, 0.2) is 24.7 Å². The van der Waals surface area contributed by atoms with Crippen LogP contribution in [0.25, 0.3) is 0 Å². The van der Waals surface area contributed by atoms with E-state index < -0.39 is 7.12 Å². The van der Waals surface area contributed by atoms with Crippen LogP contribution >= 0.6 is 0 Å². The minimum absolute atomic E-state index is 0.245. The Hall–Kier alpha value is -2.12. The summed E-state index contributed by atoms with van der Waals surface area (Å²) in [5, 5.41) is 18.2. The molecule has 0 saturated carbocycles. The van der Waals surface area contributed by atoms with Gasteiger partial charge in [0.15, 0.2) is 0 Å². The van der Waals surface area contributed by atoms with Gasteiger partial charge in [-0.1, -0.05) is 0 Å². The van der Waals surface area contributed by atoms with Crippen molar-refractivity contribution in [3.8, 4) is 11.5 Å². The second kappa shape index (κ2) is 6.56. The first-order valence-electron chi connectivity index (χ1n) is 6.46. The van der Waals surface area contributed by atoms with Crippen LogP contribution in [0.3, 0.4) is 0 Å². The Balaban J connectivity index is 2.15. The molecule has 0 aliphatic rings.